The van der Waals surface area contributed by atoms with Crippen LogP contribution in [0.4, 0.5) is 5.69 Å². The fourth-order valence-corrected chi connectivity index (χ4v) is 4.55. The molecule has 0 spiro atoms. The van der Waals surface area contributed by atoms with Crippen LogP contribution in [0.1, 0.15) is 38.1 Å². The highest BCUT2D eigenvalue weighted by molar-refractivity contribution is 6.00. The number of carbonyl (C=O) groups is 2. The SMILES string of the molecule is Cn1c(=O)n(C2CCC(=O)NC2=O)c2cccc(N3CCC(CCO)CC3)c21. The molecule has 2 fully saturated rings. The minimum absolute atomic E-state index is 0.226. The number of hydrogen-bond acceptors (Lipinski definition) is 5. The molecule has 0 aliphatic carbocycles. The number of aliphatic hydroxyl groups excluding tert-OH is 1. The summed E-state index contributed by atoms with van der Waals surface area (Å²) < 4.78 is 3.13. The molecule has 4 rings (SSSR count). The maximum absolute atomic E-state index is 13.0. The highest BCUT2D eigenvalue weighted by Crippen LogP contribution is 2.32. The summed E-state index contributed by atoms with van der Waals surface area (Å²) in [5.74, 6) is -0.167. The largest absolute Gasteiger partial charge is 0.396 e. The molecule has 8 heteroatoms. The van der Waals surface area contributed by atoms with Crippen molar-refractivity contribution >= 4 is 28.5 Å². The molecule has 2 saturated heterocycles. The van der Waals surface area contributed by atoms with Crippen LogP contribution in [0, 0.1) is 5.92 Å². The summed E-state index contributed by atoms with van der Waals surface area (Å²) in [6.07, 6.45) is 3.43. The van der Waals surface area contributed by atoms with Crippen molar-refractivity contribution in [3.05, 3.63) is 28.7 Å². The van der Waals surface area contributed by atoms with E-state index < -0.39 is 11.9 Å². The van der Waals surface area contributed by atoms with E-state index in [9.17, 15) is 14.4 Å². The van der Waals surface area contributed by atoms with Gasteiger partial charge in [0.05, 0.1) is 16.7 Å². The summed E-state index contributed by atoms with van der Waals surface area (Å²) in [6.45, 7) is 1.98. The van der Waals surface area contributed by atoms with Gasteiger partial charge in [-0.05, 0) is 43.7 Å². The van der Waals surface area contributed by atoms with Crippen LogP contribution in [0.15, 0.2) is 23.0 Å². The monoisotopic (exact) mass is 386 g/mol. The van der Waals surface area contributed by atoms with Crippen LogP contribution >= 0.6 is 0 Å². The molecule has 3 heterocycles. The molecule has 0 saturated carbocycles. The number of nitrogens with one attached hydrogen (secondary N) is 1. The molecule has 1 atom stereocenters. The lowest BCUT2D eigenvalue weighted by atomic mass is 9.93. The average Bonchev–Trinajstić information content (AvgIpc) is 2.94. The van der Waals surface area contributed by atoms with E-state index in [2.05, 4.69) is 10.2 Å². The van der Waals surface area contributed by atoms with Crippen LogP contribution in [0.25, 0.3) is 11.0 Å². The minimum Gasteiger partial charge on any atom is -0.396 e. The smallest absolute Gasteiger partial charge is 0.329 e. The van der Waals surface area contributed by atoms with Gasteiger partial charge in [-0.15, -0.1) is 0 Å². The second-order valence-corrected chi connectivity index (χ2v) is 7.77. The maximum atomic E-state index is 13.0. The Balaban J connectivity index is 1.73. The molecule has 2 aliphatic rings. The van der Waals surface area contributed by atoms with E-state index in [1.165, 1.54) is 4.57 Å². The number of rotatable bonds is 4. The second kappa shape index (κ2) is 7.43. The van der Waals surface area contributed by atoms with Gasteiger partial charge in [-0.2, -0.15) is 0 Å². The number of imidazole rings is 1. The summed E-state index contributed by atoms with van der Waals surface area (Å²) in [4.78, 5) is 39.1. The molecule has 1 aromatic carbocycles. The van der Waals surface area contributed by atoms with Crippen molar-refractivity contribution in [2.24, 2.45) is 13.0 Å². The number of carbonyl (C=O) groups excluding carboxylic acids is 2. The lowest BCUT2D eigenvalue weighted by molar-refractivity contribution is -0.135. The Kier molecular flexibility index (Phi) is 4.97. The molecule has 0 bridgehead atoms. The molecule has 150 valence electrons. The third-order valence-corrected chi connectivity index (χ3v) is 6.10. The molecule has 8 nitrogen and oxygen atoms in total. The summed E-state index contributed by atoms with van der Waals surface area (Å²) in [6, 6.07) is 5.13. The van der Waals surface area contributed by atoms with E-state index >= 15 is 0 Å². The van der Waals surface area contributed by atoms with Gasteiger partial charge in [0.2, 0.25) is 11.8 Å². The van der Waals surface area contributed by atoms with Gasteiger partial charge < -0.3 is 10.0 Å². The first-order valence-corrected chi connectivity index (χ1v) is 9.90. The fourth-order valence-electron chi connectivity index (χ4n) is 4.55. The molecule has 0 radical (unpaired) electrons. The van der Waals surface area contributed by atoms with Gasteiger partial charge in [0.25, 0.3) is 0 Å². The van der Waals surface area contributed by atoms with Crippen molar-refractivity contribution in [1.82, 2.24) is 14.5 Å². The Labute approximate surface area is 162 Å². The standard InChI is InChI=1S/C20H26N4O4/c1-22-18-14(23-10-7-13(8-11-23)9-12-25)3-2-4-15(18)24(20(22)28)16-5-6-17(26)21-19(16)27/h2-4,13,16,25H,5-12H2,1H3,(H,21,26,27). The highest BCUT2D eigenvalue weighted by atomic mass is 16.3. The Morgan fingerprint density at radius 1 is 1.14 bits per heavy atom. The van der Waals surface area contributed by atoms with Gasteiger partial charge in [-0.3, -0.25) is 24.0 Å². The van der Waals surface area contributed by atoms with Gasteiger partial charge >= 0.3 is 5.69 Å². The zero-order valence-corrected chi connectivity index (χ0v) is 16.1. The van der Waals surface area contributed by atoms with E-state index in [1.54, 1.807) is 11.6 Å². The Bertz CT molecular complexity index is 968. The number of anilines is 1. The number of aromatic nitrogens is 2. The zero-order chi connectivity index (χ0) is 19.8. The van der Waals surface area contributed by atoms with Gasteiger partial charge in [-0.1, -0.05) is 6.07 Å². The Morgan fingerprint density at radius 3 is 2.57 bits per heavy atom. The van der Waals surface area contributed by atoms with Gasteiger partial charge in [0.1, 0.15) is 6.04 Å². The molecule has 2 aliphatic heterocycles. The van der Waals surface area contributed by atoms with Gasteiger partial charge in [-0.25, -0.2) is 4.79 Å². The van der Waals surface area contributed by atoms with E-state index in [4.69, 9.17) is 5.11 Å². The number of aliphatic hydroxyl groups is 1. The summed E-state index contributed by atoms with van der Waals surface area (Å²) in [5, 5.41) is 11.5. The molecule has 2 amide bonds. The predicted octanol–water partition coefficient (Wildman–Crippen LogP) is 0.917. The number of amides is 2. The van der Waals surface area contributed by atoms with Crippen LogP contribution in [0.3, 0.4) is 0 Å². The first kappa shape index (κ1) is 18.7. The quantitative estimate of drug-likeness (QED) is 0.762. The van der Waals surface area contributed by atoms with E-state index in [0.29, 0.717) is 12.3 Å². The molecular formula is C20H26N4O4. The molecule has 1 aromatic heterocycles. The first-order chi connectivity index (χ1) is 13.5. The van der Waals surface area contributed by atoms with Gasteiger partial charge in [0.15, 0.2) is 0 Å². The number of hydrogen-bond donors (Lipinski definition) is 2. The summed E-state index contributed by atoms with van der Waals surface area (Å²) in [5.41, 5.74) is 2.28. The number of aryl methyl sites for hydroxylation is 1. The van der Waals surface area contributed by atoms with Crippen LogP contribution in [-0.4, -0.2) is 45.8 Å². The summed E-state index contributed by atoms with van der Waals surface area (Å²) in [7, 11) is 1.73. The number of nitrogens with zero attached hydrogens (tertiary/aromatic N) is 3. The molecule has 28 heavy (non-hydrogen) atoms. The third-order valence-electron chi connectivity index (χ3n) is 6.10. The van der Waals surface area contributed by atoms with Crippen LogP contribution < -0.4 is 15.9 Å². The van der Waals surface area contributed by atoms with Crippen molar-refractivity contribution < 1.29 is 14.7 Å². The van der Waals surface area contributed by atoms with Crippen LogP contribution in [-0.2, 0) is 16.6 Å². The summed E-state index contributed by atoms with van der Waals surface area (Å²) >= 11 is 0. The van der Waals surface area contributed by atoms with Crippen LogP contribution in [0.5, 0.6) is 0 Å². The lowest BCUT2D eigenvalue weighted by Crippen LogP contribution is -2.44. The lowest BCUT2D eigenvalue weighted by Gasteiger charge is -2.34. The number of imide groups is 1. The predicted molar refractivity (Wildman–Crippen MR) is 105 cm³/mol. The fraction of sp³-hybridized carbons (Fsp3) is 0.550. The van der Waals surface area contributed by atoms with Crippen LogP contribution in [0.2, 0.25) is 0 Å². The normalized spacial score (nSPS) is 21.4. The van der Waals surface area contributed by atoms with E-state index in [0.717, 1.165) is 49.1 Å². The topological polar surface area (TPSA) is 96.6 Å². The molecule has 2 N–H and O–H groups in total. The maximum Gasteiger partial charge on any atom is 0.329 e. The van der Waals surface area contributed by atoms with Gasteiger partial charge in [0, 0.05) is 33.2 Å². The zero-order valence-electron chi connectivity index (χ0n) is 16.1. The van der Waals surface area contributed by atoms with Crippen molar-refractivity contribution in [2.75, 3.05) is 24.6 Å². The average molecular weight is 386 g/mol. The third kappa shape index (κ3) is 3.11. The Hall–Kier alpha value is -2.61. The molecule has 1 unspecified atom stereocenters. The first-order valence-electron chi connectivity index (χ1n) is 9.90. The van der Waals surface area contributed by atoms with Crippen molar-refractivity contribution in [3.8, 4) is 0 Å². The van der Waals surface area contributed by atoms with Crippen molar-refractivity contribution in [1.29, 1.82) is 0 Å². The minimum atomic E-state index is -0.667. The Morgan fingerprint density at radius 2 is 1.89 bits per heavy atom. The van der Waals surface area contributed by atoms with E-state index in [1.807, 2.05) is 18.2 Å². The molecular weight excluding hydrogens is 360 g/mol. The number of para-hydroxylation sites is 1. The number of fused-ring (bicyclic) bond motifs is 1. The molecule has 2 aromatic rings. The van der Waals surface area contributed by atoms with Crippen molar-refractivity contribution in [3.63, 3.8) is 0 Å². The van der Waals surface area contributed by atoms with Crippen molar-refractivity contribution in [2.45, 2.75) is 38.1 Å². The number of benzene rings is 1. The van der Waals surface area contributed by atoms with E-state index in [-0.39, 0.29) is 24.6 Å². The highest BCUT2D eigenvalue weighted by Gasteiger charge is 2.32. The number of piperidine rings is 2. The second-order valence-electron chi connectivity index (χ2n) is 7.77.